The first-order valence-corrected chi connectivity index (χ1v) is 12.2. The third-order valence-electron chi connectivity index (χ3n) is 6.22. The van der Waals surface area contributed by atoms with Gasteiger partial charge < -0.3 is 15.4 Å². The summed E-state index contributed by atoms with van der Waals surface area (Å²) in [6, 6.07) is 6.09. The van der Waals surface area contributed by atoms with Crippen molar-refractivity contribution in [3.05, 3.63) is 36.2 Å². The van der Waals surface area contributed by atoms with E-state index in [1.165, 1.54) is 12.1 Å². The average molecular weight is 439 g/mol. The minimum absolute atomic E-state index is 0.0154. The number of rotatable bonds is 9. The highest BCUT2D eigenvalue weighted by atomic mass is 32.2. The third kappa shape index (κ3) is 5.03. The number of carbonyl (C=O) groups is 1. The number of ether oxygens (including phenoxy) is 1. The maximum atomic E-state index is 12.8. The van der Waals surface area contributed by atoms with Crippen LogP contribution in [0.5, 0.6) is 5.75 Å². The molecule has 1 atom stereocenters. The SMILES string of the molecule is CC(CN1CCC2(CCCC2)C1=O)CS(=O)(=O)c1ccc(OC/C(=C/F)CN)cc1. The van der Waals surface area contributed by atoms with Gasteiger partial charge in [0.1, 0.15) is 12.4 Å². The maximum Gasteiger partial charge on any atom is 0.228 e. The number of nitrogens with zero attached hydrogens (tertiary/aromatic N) is 1. The lowest BCUT2D eigenvalue weighted by atomic mass is 9.85. The molecule has 1 amide bonds. The molecule has 0 bridgehead atoms. The Hall–Kier alpha value is -1.93. The van der Waals surface area contributed by atoms with Crippen LogP contribution < -0.4 is 10.5 Å². The van der Waals surface area contributed by atoms with Crippen molar-refractivity contribution in [2.75, 3.05) is 32.0 Å². The van der Waals surface area contributed by atoms with Crippen LogP contribution in [-0.2, 0) is 14.6 Å². The Morgan fingerprint density at radius 2 is 1.93 bits per heavy atom. The summed E-state index contributed by atoms with van der Waals surface area (Å²) < 4.78 is 43.5. The minimum Gasteiger partial charge on any atom is -0.489 e. The van der Waals surface area contributed by atoms with E-state index < -0.39 is 9.84 Å². The second-order valence-electron chi connectivity index (χ2n) is 8.61. The molecule has 1 aliphatic carbocycles. The van der Waals surface area contributed by atoms with E-state index in [1.54, 1.807) is 12.1 Å². The Morgan fingerprint density at radius 3 is 2.53 bits per heavy atom. The Kier molecular flexibility index (Phi) is 7.18. The van der Waals surface area contributed by atoms with Crippen molar-refractivity contribution in [3.63, 3.8) is 0 Å². The molecule has 1 unspecified atom stereocenters. The minimum atomic E-state index is -3.49. The van der Waals surface area contributed by atoms with E-state index in [2.05, 4.69) is 0 Å². The first-order valence-electron chi connectivity index (χ1n) is 10.5. The van der Waals surface area contributed by atoms with Crippen molar-refractivity contribution in [2.24, 2.45) is 17.1 Å². The van der Waals surface area contributed by atoms with Gasteiger partial charge in [-0.15, -0.1) is 0 Å². The van der Waals surface area contributed by atoms with Gasteiger partial charge in [0.15, 0.2) is 9.84 Å². The van der Waals surface area contributed by atoms with E-state index in [4.69, 9.17) is 10.5 Å². The molecule has 1 aromatic carbocycles. The van der Waals surface area contributed by atoms with Crippen LogP contribution in [-0.4, -0.2) is 51.2 Å². The Balaban J connectivity index is 1.56. The highest BCUT2D eigenvalue weighted by Crippen LogP contribution is 2.46. The Bertz CT molecular complexity index is 877. The normalized spacial score (nSPS) is 20.2. The van der Waals surface area contributed by atoms with E-state index in [1.807, 2.05) is 11.8 Å². The lowest BCUT2D eigenvalue weighted by molar-refractivity contribution is -0.136. The largest absolute Gasteiger partial charge is 0.489 e. The van der Waals surface area contributed by atoms with E-state index in [0.29, 0.717) is 24.2 Å². The van der Waals surface area contributed by atoms with Crippen LogP contribution in [0.15, 0.2) is 41.1 Å². The fourth-order valence-corrected chi connectivity index (χ4v) is 6.13. The number of likely N-dealkylation sites (tertiary alicyclic amines) is 1. The van der Waals surface area contributed by atoms with Crippen molar-refractivity contribution >= 4 is 15.7 Å². The van der Waals surface area contributed by atoms with Gasteiger partial charge in [-0.3, -0.25) is 4.79 Å². The summed E-state index contributed by atoms with van der Waals surface area (Å²) in [5.74, 6) is 0.476. The molecule has 8 heteroatoms. The molecule has 30 heavy (non-hydrogen) atoms. The molecular weight excluding hydrogens is 407 g/mol. The van der Waals surface area contributed by atoms with Gasteiger partial charge >= 0.3 is 0 Å². The number of amides is 1. The number of nitrogens with two attached hydrogens (primary N) is 1. The lowest BCUT2D eigenvalue weighted by Gasteiger charge is -2.24. The van der Waals surface area contributed by atoms with Gasteiger partial charge in [-0.05, 0) is 49.4 Å². The van der Waals surface area contributed by atoms with Gasteiger partial charge in [-0.1, -0.05) is 19.8 Å². The molecule has 0 radical (unpaired) electrons. The first kappa shape index (κ1) is 22.7. The van der Waals surface area contributed by atoms with Crippen molar-refractivity contribution in [2.45, 2.75) is 43.9 Å². The molecule has 1 aliphatic heterocycles. The zero-order valence-corrected chi connectivity index (χ0v) is 18.3. The molecular formula is C22H31FN2O4S. The number of hydrogen-bond donors (Lipinski definition) is 1. The average Bonchev–Trinajstić information content (AvgIpc) is 3.32. The maximum absolute atomic E-state index is 12.8. The molecule has 1 saturated carbocycles. The molecule has 0 aromatic heterocycles. The summed E-state index contributed by atoms with van der Waals surface area (Å²) in [6.07, 6.45) is 5.48. The fraction of sp³-hybridized carbons (Fsp3) is 0.591. The van der Waals surface area contributed by atoms with Gasteiger partial charge in [0.25, 0.3) is 0 Å². The summed E-state index contributed by atoms with van der Waals surface area (Å²) in [7, 11) is -3.49. The standard InChI is InChI=1S/C22H31FN2O4S/c1-17(14-25-11-10-22(21(25)26)8-2-3-9-22)16-30(27,28)20-6-4-19(5-7-20)29-15-18(12-23)13-24/h4-7,12,17H,2-3,8-11,13-16,24H2,1H3/b18-12+. The topological polar surface area (TPSA) is 89.7 Å². The number of sulfone groups is 1. The predicted octanol–water partition coefficient (Wildman–Crippen LogP) is 3.08. The van der Waals surface area contributed by atoms with Crippen molar-refractivity contribution in [3.8, 4) is 5.75 Å². The summed E-state index contributed by atoms with van der Waals surface area (Å²) in [6.45, 7) is 3.15. The lowest BCUT2D eigenvalue weighted by Crippen LogP contribution is -2.37. The van der Waals surface area contributed by atoms with E-state index in [0.717, 1.165) is 38.6 Å². The van der Waals surface area contributed by atoms with Crippen molar-refractivity contribution < 1.29 is 22.3 Å². The number of hydrogen-bond acceptors (Lipinski definition) is 5. The van der Waals surface area contributed by atoms with E-state index in [9.17, 15) is 17.6 Å². The van der Waals surface area contributed by atoms with Crippen LogP contribution in [0, 0.1) is 11.3 Å². The number of benzene rings is 1. The number of carbonyl (C=O) groups excluding carboxylic acids is 1. The molecule has 6 nitrogen and oxygen atoms in total. The monoisotopic (exact) mass is 438 g/mol. The van der Waals surface area contributed by atoms with Crippen molar-refractivity contribution in [1.82, 2.24) is 4.90 Å². The molecule has 2 N–H and O–H groups in total. The number of halogens is 1. The van der Waals surface area contributed by atoms with Gasteiger partial charge in [-0.25, -0.2) is 12.8 Å². The second-order valence-corrected chi connectivity index (χ2v) is 10.6. The second kappa shape index (κ2) is 9.47. The predicted molar refractivity (Wildman–Crippen MR) is 113 cm³/mol. The summed E-state index contributed by atoms with van der Waals surface area (Å²) >= 11 is 0. The van der Waals surface area contributed by atoms with Crippen LogP contribution in [0.25, 0.3) is 0 Å². The molecule has 1 aromatic rings. The quantitative estimate of drug-likeness (QED) is 0.640. The summed E-state index contributed by atoms with van der Waals surface area (Å²) in [5, 5.41) is 0. The highest BCUT2D eigenvalue weighted by Gasteiger charge is 2.48. The molecule has 1 spiro atoms. The Morgan fingerprint density at radius 1 is 1.27 bits per heavy atom. The molecule has 2 fully saturated rings. The van der Waals surface area contributed by atoms with E-state index >= 15 is 0 Å². The smallest absolute Gasteiger partial charge is 0.228 e. The molecule has 3 rings (SSSR count). The van der Waals surface area contributed by atoms with Crippen LogP contribution in [0.4, 0.5) is 4.39 Å². The zero-order chi connectivity index (χ0) is 21.8. The van der Waals surface area contributed by atoms with Gasteiger partial charge in [-0.2, -0.15) is 0 Å². The third-order valence-corrected chi connectivity index (χ3v) is 8.22. The molecule has 166 valence electrons. The fourth-order valence-electron chi connectivity index (χ4n) is 4.54. The zero-order valence-electron chi connectivity index (χ0n) is 17.5. The van der Waals surface area contributed by atoms with Gasteiger partial charge in [0.2, 0.25) is 5.91 Å². The Labute approximate surface area is 178 Å². The van der Waals surface area contributed by atoms with Crippen LogP contribution in [0.1, 0.15) is 39.0 Å². The van der Waals surface area contributed by atoms with Gasteiger partial charge in [0, 0.05) is 25.2 Å². The van der Waals surface area contributed by atoms with E-state index in [-0.39, 0.29) is 41.0 Å². The molecule has 1 saturated heterocycles. The highest BCUT2D eigenvalue weighted by molar-refractivity contribution is 7.91. The first-order chi connectivity index (χ1) is 14.3. The van der Waals surface area contributed by atoms with Crippen LogP contribution >= 0.6 is 0 Å². The molecule has 1 heterocycles. The molecule has 2 aliphatic rings. The van der Waals surface area contributed by atoms with Gasteiger partial charge in [0.05, 0.1) is 22.4 Å². The summed E-state index contributed by atoms with van der Waals surface area (Å²) in [4.78, 5) is 14.9. The van der Waals surface area contributed by atoms with Crippen LogP contribution in [0.2, 0.25) is 0 Å². The van der Waals surface area contributed by atoms with Crippen molar-refractivity contribution in [1.29, 1.82) is 0 Å². The van der Waals surface area contributed by atoms with Crippen LogP contribution in [0.3, 0.4) is 0 Å². The summed E-state index contributed by atoms with van der Waals surface area (Å²) in [5.41, 5.74) is 5.53.